The normalized spacial score (nSPS) is 23.4. The van der Waals surface area contributed by atoms with Gasteiger partial charge in [-0.3, -0.25) is 0 Å². The van der Waals surface area contributed by atoms with Crippen molar-refractivity contribution < 1.29 is 32.0 Å². The number of rotatable bonds is 2. The van der Waals surface area contributed by atoms with E-state index >= 15 is 0 Å². The number of piperazine rings is 1. The lowest BCUT2D eigenvalue weighted by molar-refractivity contribution is -0.155. The average Bonchev–Trinajstić information content (AvgIpc) is 2.87. The number of halogens is 3. The van der Waals surface area contributed by atoms with Gasteiger partial charge in [0.15, 0.2) is 0 Å². The van der Waals surface area contributed by atoms with Crippen LogP contribution in [0, 0.1) is 0 Å². The van der Waals surface area contributed by atoms with E-state index in [1.165, 1.54) is 17.2 Å². The van der Waals surface area contributed by atoms with Crippen LogP contribution in [0.1, 0.15) is 48.5 Å². The minimum absolute atomic E-state index is 0.0216. The topological polar surface area (TPSA) is 64.1 Å². The van der Waals surface area contributed by atoms with E-state index in [-0.39, 0.29) is 18.9 Å². The third kappa shape index (κ3) is 5.14. The molecule has 2 fully saturated rings. The van der Waals surface area contributed by atoms with Gasteiger partial charge in [-0.25, -0.2) is 9.78 Å². The number of nitrogens with zero attached hydrogens (tertiary/aromatic N) is 3. The van der Waals surface area contributed by atoms with Gasteiger partial charge < -0.3 is 23.8 Å². The van der Waals surface area contributed by atoms with E-state index in [1.54, 1.807) is 26.8 Å². The molecule has 1 aromatic rings. The van der Waals surface area contributed by atoms with Crippen molar-refractivity contribution in [2.24, 2.45) is 0 Å². The smallest absolute Gasteiger partial charge is 0.444 e. The zero-order valence-corrected chi connectivity index (χ0v) is 19.6. The number of pyridine rings is 1. The van der Waals surface area contributed by atoms with Crippen molar-refractivity contribution in [3.63, 3.8) is 0 Å². The monoisotopic (exact) mass is 457 g/mol. The molecule has 2 aliphatic rings. The Morgan fingerprint density at radius 3 is 2.19 bits per heavy atom. The van der Waals surface area contributed by atoms with Crippen molar-refractivity contribution in [1.82, 2.24) is 9.88 Å². The highest BCUT2D eigenvalue weighted by molar-refractivity contribution is 6.62. The van der Waals surface area contributed by atoms with Crippen molar-refractivity contribution in [3.8, 4) is 0 Å². The van der Waals surface area contributed by atoms with Crippen LogP contribution in [-0.4, -0.2) is 71.8 Å². The molecular formula is C21H31BF3N3O4. The summed E-state index contributed by atoms with van der Waals surface area (Å²) in [6.07, 6.45) is -3.83. The minimum atomic E-state index is -4.55. The molecule has 0 bridgehead atoms. The maximum Gasteiger partial charge on any atom is 0.496 e. The number of carbonyl (C=O) groups is 1. The predicted octanol–water partition coefficient (Wildman–Crippen LogP) is 3.37. The lowest BCUT2D eigenvalue weighted by atomic mass is 9.80. The summed E-state index contributed by atoms with van der Waals surface area (Å²) < 4.78 is 58.8. The SMILES string of the molecule is CC(C)(C)OC(=O)N1CCN(c2ccc(B3OC(C)(C)C(C)(C)O3)cn2)C(C(F)(F)F)C1. The largest absolute Gasteiger partial charge is 0.496 e. The molecule has 32 heavy (non-hydrogen) atoms. The van der Waals surface area contributed by atoms with E-state index in [0.717, 1.165) is 4.90 Å². The Labute approximate surface area is 187 Å². The van der Waals surface area contributed by atoms with Crippen LogP contribution >= 0.6 is 0 Å². The molecule has 0 aromatic carbocycles. The van der Waals surface area contributed by atoms with Gasteiger partial charge in [-0.05, 0) is 54.5 Å². The molecule has 0 radical (unpaired) electrons. The molecule has 1 atom stereocenters. The molecule has 0 saturated carbocycles. The third-order valence-corrected chi connectivity index (χ3v) is 6.00. The molecule has 2 aliphatic heterocycles. The van der Waals surface area contributed by atoms with E-state index in [1.807, 2.05) is 27.7 Å². The first kappa shape index (κ1) is 24.6. The van der Waals surface area contributed by atoms with Crippen molar-refractivity contribution in [3.05, 3.63) is 18.3 Å². The van der Waals surface area contributed by atoms with Gasteiger partial charge in [0.25, 0.3) is 0 Å². The van der Waals surface area contributed by atoms with Crippen LogP contribution in [0.4, 0.5) is 23.8 Å². The van der Waals surface area contributed by atoms with Gasteiger partial charge >= 0.3 is 19.4 Å². The molecule has 3 heterocycles. The molecule has 1 unspecified atom stereocenters. The summed E-state index contributed by atoms with van der Waals surface area (Å²) in [5.41, 5.74) is -1.22. The number of aromatic nitrogens is 1. The number of carbonyl (C=O) groups excluding carboxylic acids is 1. The molecule has 178 valence electrons. The Hall–Kier alpha value is -2.01. The second-order valence-electron chi connectivity index (χ2n) is 10.2. The first-order chi connectivity index (χ1) is 14.5. The minimum Gasteiger partial charge on any atom is -0.444 e. The summed E-state index contributed by atoms with van der Waals surface area (Å²) >= 11 is 0. The van der Waals surface area contributed by atoms with Crippen molar-refractivity contribution in [2.75, 3.05) is 24.5 Å². The van der Waals surface area contributed by atoms with Crippen LogP contribution in [0.25, 0.3) is 0 Å². The van der Waals surface area contributed by atoms with E-state index in [9.17, 15) is 18.0 Å². The second-order valence-corrected chi connectivity index (χ2v) is 10.2. The number of ether oxygens (including phenoxy) is 1. The molecule has 1 amide bonds. The van der Waals surface area contributed by atoms with E-state index in [2.05, 4.69) is 4.98 Å². The zero-order valence-electron chi connectivity index (χ0n) is 19.6. The van der Waals surface area contributed by atoms with Crippen LogP contribution in [-0.2, 0) is 14.0 Å². The van der Waals surface area contributed by atoms with Crippen LogP contribution in [0.3, 0.4) is 0 Å². The summed E-state index contributed by atoms with van der Waals surface area (Å²) in [6, 6.07) is 1.30. The van der Waals surface area contributed by atoms with Crippen LogP contribution in [0.2, 0.25) is 0 Å². The lowest BCUT2D eigenvalue weighted by Crippen LogP contribution is -2.61. The highest BCUT2D eigenvalue weighted by Gasteiger charge is 2.52. The molecule has 3 rings (SSSR count). The number of alkyl halides is 3. The zero-order chi connectivity index (χ0) is 24.1. The van der Waals surface area contributed by atoms with Crippen molar-refractivity contribution >= 4 is 24.5 Å². The quantitative estimate of drug-likeness (QED) is 0.635. The number of anilines is 1. The summed E-state index contributed by atoms with van der Waals surface area (Å²) in [5, 5.41) is 0. The predicted molar refractivity (Wildman–Crippen MR) is 115 cm³/mol. The lowest BCUT2D eigenvalue weighted by Gasteiger charge is -2.42. The first-order valence-corrected chi connectivity index (χ1v) is 10.6. The summed E-state index contributed by atoms with van der Waals surface area (Å²) in [6.45, 7) is 12.3. The van der Waals surface area contributed by atoms with Gasteiger partial charge in [0.05, 0.1) is 17.7 Å². The molecule has 0 spiro atoms. The van der Waals surface area contributed by atoms with Gasteiger partial charge in [0.2, 0.25) is 0 Å². The first-order valence-electron chi connectivity index (χ1n) is 10.6. The van der Waals surface area contributed by atoms with E-state index in [0.29, 0.717) is 5.46 Å². The summed E-state index contributed by atoms with van der Waals surface area (Å²) in [4.78, 5) is 18.8. The fraction of sp³-hybridized carbons (Fsp3) is 0.714. The Morgan fingerprint density at radius 2 is 1.72 bits per heavy atom. The maximum atomic E-state index is 13.9. The molecule has 11 heteroatoms. The maximum absolute atomic E-state index is 13.9. The molecule has 1 aromatic heterocycles. The average molecular weight is 457 g/mol. The van der Waals surface area contributed by atoms with Gasteiger partial charge in [0, 0.05) is 24.7 Å². The van der Waals surface area contributed by atoms with Crippen LogP contribution < -0.4 is 10.4 Å². The molecule has 0 N–H and O–H groups in total. The van der Waals surface area contributed by atoms with Crippen molar-refractivity contribution in [2.45, 2.75) is 77.5 Å². The Bertz CT molecular complexity index is 824. The van der Waals surface area contributed by atoms with Gasteiger partial charge in [-0.15, -0.1) is 0 Å². The van der Waals surface area contributed by atoms with E-state index in [4.69, 9.17) is 14.0 Å². The number of amides is 1. The number of hydrogen-bond acceptors (Lipinski definition) is 6. The molecule has 2 saturated heterocycles. The second kappa shape index (κ2) is 8.09. The van der Waals surface area contributed by atoms with Gasteiger partial charge in [0.1, 0.15) is 17.5 Å². The summed E-state index contributed by atoms with van der Waals surface area (Å²) in [7, 11) is -0.649. The van der Waals surface area contributed by atoms with Crippen LogP contribution in [0.5, 0.6) is 0 Å². The summed E-state index contributed by atoms with van der Waals surface area (Å²) in [5.74, 6) is 0.177. The third-order valence-electron chi connectivity index (χ3n) is 6.00. The highest BCUT2D eigenvalue weighted by Crippen LogP contribution is 2.36. The fourth-order valence-electron chi connectivity index (χ4n) is 3.52. The van der Waals surface area contributed by atoms with Gasteiger partial charge in [-0.1, -0.05) is 6.07 Å². The molecular weight excluding hydrogens is 426 g/mol. The Kier molecular flexibility index (Phi) is 6.23. The van der Waals surface area contributed by atoms with Gasteiger partial charge in [-0.2, -0.15) is 13.2 Å². The molecule has 7 nitrogen and oxygen atoms in total. The highest BCUT2D eigenvalue weighted by atomic mass is 19.4. The Morgan fingerprint density at radius 1 is 1.12 bits per heavy atom. The Balaban J connectivity index is 1.76. The fourth-order valence-corrected chi connectivity index (χ4v) is 3.52. The number of hydrogen-bond donors (Lipinski definition) is 0. The standard InChI is InChI=1S/C21H31BF3N3O4/c1-18(2,3)30-17(29)27-10-11-28(15(13-27)21(23,24)25)16-9-8-14(12-26-16)22-31-19(4,5)20(6,7)32-22/h8-9,12,15H,10-11,13H2,1-7H3. The van der Waals surface area contributed by atoms with Crippen LogP contribution in [0.15, 0.2) is 18.3 Å². The van der Waals surface area contributed by atoms with Crippen molar-refractivity contribution in [1.29, 1.82) is 0 Å². The van der Waals surface area contributed by atoms with E-state index < -0.39 is 48.8 Å². The molecule has 0 aliphatic carbocycles.